The summed E-state index contributed by atoms with van der Waals surface area (Å²) in [6.07, 6.45) is 2.84. The Labute approximate surface area is 149 Å². The Bertz CT molecular complexity index is 825. The van der Waals surface area contributed by atoms with Crippen LogP contribution in [0.5, 0.6) is 0 Å². The minimum absolute atomic E-state index is 0.156. The highest BCUT2D eigenvalue weighted by atomic mass is 32.1. The van der Waals surface area contributed by atoms with Crippen LogP contribution in [0, 0.1) is 6.92 Å². The van der Waals surface area contributed by atoms with Crippen LogP contribution in [0.25, 0.3) is 0 Å². The Balaban J connectivity index is 1.72. The lowest BCUT2D eigenvalue weighted by Gasteiger charge is -2.10. The molecule has 1 aliphatic rings. The molecule has 4 N–H and O–H groups in total. The molecule has 5 nitrogen and oxygen atoms in total. The zero-order valence-electron chi connectivity index (χ0n) is 13.1. The third kappa shape index (κ3) is 3.32. The maximum Gasteiger partial charge on any atom is 0.257 e. The fourth-order valence-corrected chi connectivity index (χ4v) is 4.33. The predicted molar refractivity (Wildman–Crippen MR) is 99.7 cm³/mol. The Kier molecular flexibility index (Phi) is 4.64. The molecular weight excluding hydrogens is 342 g/mol. The second-order valence-electron chi connectivity index (χ2n) is 5.70. The predicted octanol–water partition coefficient (Wildman–Crippen LogP) is 2.77. The molecule has 0 bridgehead atoms. The summed E-state index contributed by atoms with van der Waals surface area (Å²) in [7, 11) is 0. The van der Waals surface area contributed by atoms with Gasteiger partial charge < -0.3 is 11.1 Å². The molecule has 1 aromatic heterocycles. The van der Waals surface area contributed by atoms with E-state index < -0.39 is 5.91 Å². The summed E-state index contributed by atoms with van der Waals surface area (Å²) in [5, 5.41) is 6.35. The van der Waals surface area contributed by atoms with Gasteiger partial charge in [-0.2, -0.15) is 0 Å². The normalized spacial score (nSPS) is 12.5. The molecule has 1 aromatic carbocycles. The molecular formula is C17H17N3O2S2. The summed E-state index contributed by atoms with van der Waals surface area (Å²) in [5.74, 6) is -0.762. The minimum atomic E-state index is -0.468. The Morgan fingerprint density at radius 1 is 1.21 bits per heavy atom. The number of nitrogens with one attached hydrogen (secondary N) is 2. The first kappa shape index (κ1) is 16.6. The summed E-state index contributed by atoms with van der Waals surface area (Å²) >= 11 is 6.68. The second-order valence-corrected chi connectivity index (χ2v) is 7.21. The van der Waals surface area contributed by atoms with Gasteiger partial charge in [0.05, 0.1) is 5.56 Å². The third-order valence-corrected chi connectivity index (χ3v) is 5.35. The third-order valence-electron chi connectivity index (χ3n) is 3.94. The fourth-order valence-electron chi connectivity index (χ4n) is 2.77. The molecule has 24 heavy (non-hydrogen) atoms. The number of hydrogen-bond donors (Lipinski definition) is 3. The van der Waals surface area contributed by atoms with Gasteiger partial charge in [0.15, 0.2) is 5.11 Å². The molecule has 0 aliphatic heterocycles. The minimum Gasteiger partial charge on any atom is -0.365 e. The molecule has 0 unspecified atom stereocenters. The van der Waals surface area contributed by atoms with Gasteiger partial charge in [-0.15, -0.1) is 11.3 Å². The number of nitrogens with two attached hydrogens (primary N) is 1. The van der Waals surface area contributed by atoms with Gasteiger partial charge >= 0.3 is 0 Å². The van der Waals surface area contributed by atoms with Crippen molar-refractivity contribution in [2.24, 2.45) is 5.73 Å². The number of rotatable bonds is 3. The van der Waals surface area contributed by atoms with Gasteiger partial charge in [-0.05, 0) is 56.1 Å². The van der Waals surface area contributed by atoms with E-state index in [1.165, 1.54) is 16.2 Å². The van der Waals surface area contributed by atoms with Crippen molar-refractivity contribution in [2.75, 3.05) is 5.32 Å². The van der Waals surface area contributed by atoms with Crippen molar-refractivity contribution in [3.8, 4) is 0 Å². The van der Waals surface area contributed by atoms with Crippen LogP contribution in [0.3, 0.4) is 0 Å². The number of aryl methyl sites for hydroxylation is 2. The number of anilines is 1. The molecule has 7 heteroatoms. The van der Waals surface area contributed by atoms with Gasteiger partial charge in [-0.1, -0.05) is 17.7 Å². The zero-order chi connectivity index (χ0) is 17.3. The average molecular weight is 359 g/mol. The van der Waals surface area contributed by atoms with Crippen molar-refractivity contribution in [1.29, 1.82) is 0 Å². The van der Waals surface area contributed by atoms with E-state index in [0.717, 1.165) is 30.4 Å². The SMILES string of the molecule is Cc1ccc(C(=O)NC(=S)Nc2sc3c(c2C(N)=O)CCC3)cc1. The first-order valence-electron chi connectivity index (χ1n) is 7.59. The Morgan fingerprint density at radius 3 is 2.58 bits per heavy atom. The summed E-state index contributed by atoms with van der Waals surface area (Å²) in [4.78, 5) is 25.1. The lowest BCUT2D eigenvalue weighted by Crippen LogP contribution is -2.34. The van der Waals surface area contributed by atoms with E-state index >= 15 is 0 Å². The van der Waals surface area contributed by atoms with Gasteiger partial charge in [-0.25, -0.2) is 0 Å². The number of thiophene rings is 1. The van der Waals surface area contributed by atoms with Gasteiger partial charge in [-0.3, -0.25) is 14.9 Å². The number of fused-ring (bicyclic) bond motifs is 1. The molecule has 0 atom stereocenters. The van der Waals surface area contributed by atoms with Gasteiger partial charge in [0, 0.05) is 10.4 Å². The number of carbonyl (C=O) groups excluding carboxylic acids is 2. The second kappa shape index (κ2) is 6.70. The molecule has 0 spiro atoms. The molecule has 0 saturated carbocycles. The highest BCUT2D eigenvalue weighted by Crippen LogP contribution is 2.38. The van der Waals surface area contributed by atoms with Crippen molar-refractivity contribution in [2.45, 2.75) is 26.2 Å². The van der Waals surface area contributed by atoms with Crippen LogP contribution in [0.2, 0.25) is 0 Å². The molecule has 124 valence electrons. The summed E-state index contributed by atoms with van der Waals surface area (Å²) < 4.78 is 0. The number of thiocarbonyl (C=S) groups is 1. The van der Waals surface area contributed by atoms with E-state index in [1.54, 1.807) is 12.1 Å². The van der Waals surface area contributed by atoms with Crippen molar-refractivity contribution < 1.29 is 9.59 Å². The summed E-state index contributed by atoms with van der Waals surface area (Å²) in [5.41, 5.74) is 8.62. The van der Waals surface area contributed by atoms with Crippen LogP contribution in [0.15, 0.2) is 24.3 Å². The van der Waals surface area contributed by atoms with Gasteiger partial charge in [0.2, 0.25) is 0 Å². The van der Waals surface area contributed by atoms with E-state index in [1.807, 2.05) is 19.1 Å². The van der Waals surface area contributed by atoms with Crippen molar-refractivity contribution in [3.05, 3.63) is 51.4 Å². The van der Waals surface area contributed by atoms with E-state index in [-0.39, 0.29) is 11.0 Å². The highest BCUT2D eigenvalue weighted by molar-refractivity contribution is 7.80. The largest absolute Gasteiger partial charge is 0.365 e. The average Bonchev–Trinajstić information content (AvgIpc) is 3.07. The maximum atomic E-state index is 12.2. The van der Waals surface area contributed by atoms with Crippen LogP contribution in [-0.2, 0) is 12.8 Å². The number of benzene rings is 1. The molecule has 0 saturated heterocycles. The molecule has 2 aromatic rings. The smallest absolute Gasteiger partial charge is 0.257 e. The lowest BCUT2D eigenvalue weighted by atomic mass is 10.1. The number of hydrogen-bond acceptors (Lipinski definition) is 4. The molecule has 1 heterocycles. The molecule has 2 amide bonds. The monoisotopic (exact) mass is 359 g/mol. The fraction of sp³-hybridized carbons (Fsp3) is 0.235. The van der Waals surface area contributed by atoms with E-state index in [0.29, 0.717) is 16.1 Å². The highest BCUT2D eigenvalue weighted by Gasteiger charge is 2.25. The zero-order valence-corrected chi connectivity index (χ0v) is 14.8. The number of amides is 2. The quantitative estimate of drug-likeness (QED) is 0.736. The molecule has 0 radical (unpaired) electrons. The number of carbonyl (C=O) groups is 2. The van der Waals surface area contributed by atoms with E-state index in [9.17, 15) is 9.59 Å². The van der Waals surface area contributed by atoms with Crippen LogP contribution in [0.4, 0.5) is 5.00 Å². The van der Waals surface area contributed by atoms with Gasteiger partial charge in [0.1, 0.15) is 5.00 Å². The van der Waals surface area contributed by atoms with E-state index in [4.69, 9.17) is 18.0 Å². The van der Waals surface area contributed by atoms with Crippen molar-refractivity contribution in [1.82, 2.24) is 5.32 Å². The van der Waals surface area contributed by atoms with Crippen molar-refractivity contribution in [3.63, 3.8) is 0 Å². The Morgan fingerprint density at radius 2 is 1.92 bits per heavy atom. The molecule has 0 fully saturated rings. The summed E-state index contributed by atoms with van der Waals surface area (Å²) in [6.45, 7) is 1.95. The molecule has 3 rings (SSSR count). The standard InChI is InChI=1S/C17H17N3O2S2/c1-9-5-7-10(8-6-9)15(22)19-17(23)20-16-13(14(18)21)11-3-2-4-12(11)24-16/h5-8H,2-4H2,1H3,(H2,18,21)(H2,19,20,22,23). The van der Waals surface area contributed by atoms with Crippen LogP contribution in [0.1, 0.15) is 43.1 Å². The lowest BCUT2D eigenvalue weighted by molar-refractivity contribution is 0.0975. The maximum absolute atomic E-state index is 12.2. The van der Waals surface area contributed by atoms with Gasteiger partial charge in [0.25, 0.3) is 11.8 Å². The number of primary amides is 1. The summed E-state index contributed by atoms with van der Waals surface area (Å²) in [6, 6.07) is 7.20. The van der Waals surface area contributed by atoms with Crippen LogP contribution >= 0.6 is 23.6 Å². The Hall–Kier alpha value is -2.25. The van der Waals surface area contributed by atoms with Crippen LogP contribution in [-0.4, -0.2) is 16.9 Å². The topological polar surface area (TPSA) is 84.2 Å². The first-order chi connectivity index (χ1) is 11.5. The van der Waals surface area contributed by atoms with Crippen molar-refractivity contribution >= 4 is 45.5 Å². The first-order valence-corrected chi connectivity index (χ1v) is 8.81. The van der Waals surface area contributed by atoms with E-state index in [2.05, 4.69) is 10.6 Å². The van der Waals surface area contributed by atoms with Crippen LogP contribution < -0.4 is 16.4 Å². The molecule has 1 aliphatic carbocycles.